The fourth-order valence-corrected chi connectivity index (χ4v) is 3.82. The van der Waals surface area contributed by atoms with Crippen LogP contribution >= 0.6 is 0 Å². The van der Waals surface area contributed by atoms with Crippen molar-refractivity contribution >= 4 is 8.32 Å². The molecular formula is C21H40O5Si. The molecule has 0 heterocycles. The van der Waals surface area contributed by atoms with Gasteiger partial charge in [0.2, 0.25) is 0 Å². The van der Waals surface area contributed by atoms with Gasteiger partial charge in [-0.1, -0.05) is 45.1 Å². The first kappa shape index (κ1) is 26.2. The smallest absolute Gasteiger partial charge is 0.193 e. The van der Waals surface area contributed by atoms with E-state index in [0.717, 1.165) is 0 Å². The lowest BCUT2D eigenvalue weighted by molar-refractivity contribution is -0.124. The van der Waals surface area contributed by atoms with Crippen LogP contribution in [0, 0.1) is 0 Å². The molecule has 0 aromatic heterocycles. The van der Waals surface area contributed by atoms with Gasteiger partial charge in [-0.2, -0.15) is 0 Å². The number of hydrogen-bond donors (Lipinski definition) is 1. The minimum Gasteiger partial charge on any atom is -0.405 e. The predicted molar refractivity (Wildman–Crippen MR) is 114 cm³/mol. The average Bonchev–Trinajstić information content (AvgIpc) is 2.55. The molecule has 0 aromatic rings. The largest absolute Gasteiger partial charge is 0.405 e. The molecule has 0 saturated carbocycles. The van der Waals surface area contributed by atoms with E-state index < -0.39 is 26.1 Å². The maximum atomic E-state index is 10.1. The van der Waals surface area contributed by atoms with Crippen LogP contribution in [0.1, 0.15) is 34.1 Å². The summed E-state index contributed by atoms with van der Waals surface area (Å²) >= 11 is 0. The Balaban J connectivity index is 5.46. The number of hydrogen-bond acceptors (Lipinski definition) is 5. The molecule has 1 N–H and O–H groups in total. The Morgan fingerprint density at radius 3 is 2.22 bits per heavy atom. The molecule has 0 bridgehead atoms. The zero-order chi connectivity index (χ0) is 21.1. The summed E-state index contributed by atoms with van der Waals surface area (Å²) in [6, 6.07) is 0. The average molecular weight is 401 g/mol. The summed E-state index contributed by atoms with van der Waals surface area (Å²) in [5.41, 5.74) is -0.780. The molecule has 6 heteroatoms. The molecule has 0 radical (unpaired) electrons. The van der Waals surface area contributed by atoms with Crippen molar-refractivity contribution in [2.75, 3.05) is 27.1 Å². The molecular weight excluding hydrogens is 360 g/mol. The summed E-state index contributed by atoms with van der Waals surface area (Å²) in [6.45, 7) is 21.6. The lowest BCUT2D eigenvalue weighted by atomic mass is 9.97. The normalized spacial score (nSPS) is 17.5. The molecule has 0 aromatic carbocycles. The van der Waals surface area contributed by atoms with E-state index in [-0.39, 0.29) is 11.8 Å². The summed E-state index contributed by atoms with van der Waals surface area (Å²) in [6.07, 6.45) is 6.45. The second kappa shape index (κ2) is 11.9. The number of aliphatic hydroxyl groups excluding tert-OH is 1. The van der Waals surface area contributed by atoms with Gasteiger partial charge in [-0.15, -0.1) is 13.2 Å². The zero-order valence-corrected chi connectivity index (χ0v) is 19.3. The third-order valence-corrected chi connectivity index (χ3v) is 9.44. The molecule has 0 aliphatic rings. The van der Waals surface area contributed by atoms with Crippen LogP contribution in [0.15, 0.2) is 37.5 Å². The first-order valence-corrected chi connectivity index (χ1v) is 12.3. The maximum Gasteiger partial charge on any atom is 0.193 e. The summed E-state index contributed by atoms with van der Waals surface area (Å²) in [5.74, 6) is 0. The van der Waals surface area contributed by atoms with Gasteiger partial charge in [0.25, 0.3) is 0 Å². The lowest BCUT2D eigenvalue weighted by Gasteiger charge is -2.45. The van der Waals surface area contributed by atoms with Gasteiger partial charge in [0, 0.05) is 7.11 Å². The summed E-state index contributed by atoms with van der Waals surface area (Å²) in [4.78, 5) is 0. The minimum atomic E-state index is -2.11. The number of rotatable bonds is 14. The highest BCUT2D eigenvalue weighted by molar-refractivity contribution is 6.74. The third kappa shape index (κ3) is 9.32. The molecule has 3 atom stereocenters. The number of ether oxygens (including phenoxy) is 3. The Bertz CT molecular complexity index is 470. The number of methoxy groups -OCH3 is 1. The Morgan fingerprint density at radius 2 is 1.74 bits per heavy atom. The van der Waals surface area contributed by atoms with E-state index in [4.69, 9.17) is 18.6 Å². The van der Waals surface area contributed by atoms with E-state index in [2.05, 4.69) is 47.0 Å². The van der Waals surface area contributed by atoms with Crippen molar-refractivity contribution in [1.29, 1.82) is 0 Å². The van der Waals surface area contributed by atoms with Crippen molar-refractivity contribution in [2.45, 2.75) is 70.1 Å². The monoisotopic (exact) mass is 400 g/mol. The maximum absolute atomic E-state index is 10.1. The molecule has 0 aliphatic heterocycles. The van der Waals surface area contributed by atoms with Crippen molar-refractivity contribution in [2.24, 2.45) is 0 Å². The lowest BCUT2D eigenvalue weighted by Crippen LogP contribution is -2.53. The van der Waals surface area contributed by atoms with Crippen LogP contribution in [0.5, 0.6) is 0 Å². The topological polar surface area (TPSA) is 57.2 Å². The Hall–Kier alpha value is -0.763. The zero-order valence-electron chi connectivity index (χ0n) is 18.3. The molecule has 0 saturated heterocycles. The highest BCUT2D eigenvalue weighted by Gasteiger charge is 2.45. The van der Waals surface area contributed by atoms with Gasteiger partial charge in [-0.3, -0.25) is 0 Å². The number of aliphatic hydroxyl groups is 1. The summed E-state index contributed by atoms with van der Waals surface area (Å²) in [5, 5.41) is 10.1. The SMILES string of the molecule is C=CC[C@@H](O)/C=C/[C@](C)(O[Si](C)(C)C(C)(C)C)[C@@H](C=C)OCOCCOC. The molecule has 0 amide bonds. The van der Waals surface area contributed by atoms with Crippen LogP contribution in [-0.4, -0.2) is 58.3 Å². The van der Waals surface area contributed by atoms with Crippen LogP contribution in [0.4, 0.5) is 0 Å². The summed E-state index contributed by atoms with van der Waals surface area (Å²) in [7, 11) is -0.486. The molecule has 0 aliphatic carbocycles. The highest BCUT2D eigenvalue weighted by Crippen LogP contribution is 2.40. The van der Waals surface area contributed by atoms with Gasteiger partial charge in [0.1, 0.15) is 18.5 Å². The highest BCUT2D eigenvalue weighted by atomic mass is 28.4. The van der Waals surface area contributed by atoms with Gasteiger partial charge >= 0.3 is 0 Å². The van der Waals surface area contributed by atoms with Crippen LogP contribution < -0.4 is 0 Å². The van der Waals surface area contributed by atoms with Crippen molar-refractivity contribution < 1.29 is 23.7 Å². The molecule has 27 heavy (non-hydrogen) atoms. The first-order valence-electron chi connectivity index (χ1n) is 9.43. The van der Waals surface area contributed by atoms with Gasteiger partial charge < -0.3 is 23.7 Å². The molecule has 0 spiro atoms. The van der Waals surface area contributed by atoms with Gasteiger partial charge in [0.15, 0.2) is 8.32 Å². The van der Waals surface area contributed by atoms with Crippen LogP contribution in [-0.2, 0) is 18.6 Å². The van der Waals surface area contributed by atoms with Gasteiger partial charge in [-0.25, -0.2) is 0 Å². The van der Waals surface area contributed by atoms with Crippen LogP contribution in [0.3, 0.4) is 0 Å². The Labute approximate surface area is 167 Å². The predicted octanol–water partition coefficient (Wildman–Crippen LogP) is 4.45. The first-order chi connectivity index (χ1) is 12.4. The van der Waals surface area contributed by atoms with E-state index in [1.54, 1.807) is 25.3 Å². The van der Waals surface area contributed by atoms with E-state index in [9.17, 15) is 5.11 Å². The molecule has 158 valence electrons. The van der Waals surface area contributed by atoms with E-state index >= 15 is 0 Å². The molecule has 0 unspecified atom stereocenters. The Morgan fingerprint density at radius 1 is 1.11 bits per heavy atom. The molecule has 0 rings (SSSR count). The molecule has 5 nitrogen and oxygen atoms in total. The molecule has 0 fully saturated rings. The quantitative estimate of drug-likeness (QED) is 0.202. The Kier molecular flexibility index (Phi) is 11.6. The van der Waals surface area contributed by atoms with E-state index in [1.165, 1.54) is 0 Å². The fraction of sp³-hybridized carbons (Fsp3) is 0.714. The van der Waals surface area contributed by atoms with Crippen molar-refractivity contribution in [3.63, 3.8) is 0 Å². The van der Waals surface area contributed by atoms with E-state index in [1.807, 2.05) is 13.0 Å². The standard InChI is InChI=1S/C21H40O5Si/c1-10-12-18(22)13-14-21(6,26-27(8,9)20(3,4)5)19(11-2)25-17-24-16-15-23-7/h10-11,13-14,18-19,22H,1-2,12,15-17H2,3-9H3/b14-13+/t18-,19-,21+/m1/s1. The van der Waals surface area contributed by atoms with Gasteiger partial charge in [0.05, 0.1) is 19.3 Å². The third-order valence-electron chi connectivity index (χ3n) is 4.88. The fourth-order valence-electron chi connectivity index (χ4n) is 2.23. The minimum absolute atomic E-state index is 0.0303. The second-order valence-electron chi connectivity index (χ2n) is 8.34. The van der Waals surface area contributed by atoms with E-state index in [0.29, 0.717) is 19.6 Å². The van der Waals surface area contributed by atoms with Crippen molar-refractivity contribution in [1.82, 2.24) is 0 Å². The van der Waals surface area contributed by atoms with Crippen molar-refractivity contribution in [3.8, 4) is 0 Å². The van der Waals surface area contributed by atoms with Gasteiger partial charge in [-0.05, 0) is 31.5 Å². The summed E-state index contributed by atoms with van der Waals surface area (Å²) < 4.78 is 23.0. The van der Waals surface area contributed by atoms with Crippen LogP contribution in [0.25, 0.3) is 0 Å². The van der Waals surface area contributed by atoms with Crippen LogP contribution in [0.2, 0.25) is 18.1 Å². The van der Waals surface area contributed by atoms with Crippen molar-refractivity contribution in [3.05, 3.63) is 37.5 Å². The second-order valence-corrected chi connectivity index (χ2v) is 13.1.